The molecular weight excluding hydrogens is 1230 g/mol. The van der Waals surface area contributed by atoms with Crippen LogP contribution >= 0.6 is 15.6 Å². The van der Waals surface area contributed by atoms with Crippen molar-refractivity contribution in [1.29, 1.82) is 0 Å². The van der Waals surface area contributed by atoms with E-state index in [-0.39, 0.29) is 25.7 Å². The van der Waals surface area contributed by atoms with Gasteiger partial charge in [-0.2, -0.15) is 0 Å². The molecule has 0 rings (SSSR count). The predicted molar refractivity (Wildman–Crippen MR) is 381 cm³/mol. The van der Waals surface area contributed by atoms with Crippen LogP contribution in [0.1, 0.15) is 388 Å². The highest BCUT2D eigenvalue weighted by atomic mass is 31.2. The molecule has 19 heteroatoms. The van der Waals surface area contributed by atoms with Gasteiger partial charge in [-0.15, -0.1) is 0 Å². The van der Waals surface area contributed by atoms with Gasteiger partial charge in [0.2, 0.25) is 0 Å². The summed E-state index contributed by atoms with van der Waals surface area (Å²) in [5.41, 5.74) is 0. The molecule has 0 saturated heterocycles. The molecule has 7 atom stereocenters. The van der Waals surface area contributed by atoms with Gasteiger partial charge in [-0.3, -0.25) is 37.3 Å². The summed E-state index contributed by atoms with van der Waals surface area (Å²) in [5.74, 6) is -0.502. The van der Waals surface area contributed by atoms with E-state index in [2.05, 4.69) is 41.5 Å². The lowest BCUT2D eigenvalue weighted by Gasteiger charge is -2.21. The zero-order valence-corrected chi connectivity index (χ0v) is 63.1. The fourth-order valence-corrected chi connectivity index (χ4v) is 13.0. The molecule has 4 unspecified atom stereocenters. The minimum absolute atomic E-state index is 0.107. The van der Waals surface area contributed by atoms with E-state index in [1.165, 1.54) is 205 Å². The number of hydrogen-bond donors (Lipinski definition) is 3. The first kappa shape index (κ1) is 92.1. The van der Waals surface area contributed by atoms with Crippen LogP contribution in [0.15, 0.2) is 0 Å². The number of phosphoric acid groups is 2. The van der Waals surface area contributed by atoms with E-state index < -0.39 is 97.5 Å². The average molecular weight is 1380 g/mol. The van der Waals surface area contributed by atoms with Gasteiger partial charge < -0.3 is 33.8 Å². The summed E-state index contributed by atoms with van der Waals surface area (Å²) in [4.78, 5) is 72.8. The van der Waals surface area contributed by atoms with E-state index in [1.54, 1.807) is 0 Å². The van der Waals surface area contributed by atoms with Crippen molar-refractivity contribution < 1.29 is 80.2 Å². The van der Waals surface area contributed by atoms with Gasteiger partial charge in [-0.25, -0.2) is 9.13 Å². The second kappa shape index (κ2) is 66.9. The fourth-order valence-electron chi connectivity index (χ4n) is 11.4. The quantitative estimate of drug-likeness (QED) is 0.0222. The van der Waals surface area contributed by atoms with Crippen LogP contribution in [-0.4, -0.2) is 96.7 Å². The summed E-state index contributed by atoms with van der Waals surface area (Å²) >= 11 is 0. The molecule has 0 aromatic heterocycles. The van der Waals surface area contributed by atoms with Crippen molar-refractivity contribution in [2.75, 3.05) is 39.6 Å². The number of aliphatic hydroxyl groups is 1. The molecule has 0 radical (unpaired) electrons. The molecule has 0 bridgehead atoms. The number of aliphatic hydroxyl groups excluding tert-OH is 1. The molecule has 0 spiro atoms. The van der Waals surface area contributed by atoms with E-state index >= 15 is 0 Å². The third kappa shape index (κ3) is 66.0. The van der Waals surface area contributed by atoms with Crippen LogP contribution in [-0.2, 0) is 65.4 Å². The summed E-state index contributed by atoms with van der Waals surface area (Å²) in [6.07, 6.45) is 53.8. The third-order valence-corrected chi connectivity index (χ3v) is 20.1. The predicted octanol–water partition coefficient (Wildman–Crippen LogP) is 21.9. The molecule has 0 fully saturated rings. The molecule has 0 aliphatic heterocycles. The number of carbonyl (C=O) groups is 4. The summed E-state index contributed by atoms with van der Waals surface area (Å²) in [6.45, 7) is 9.65. The summed E-state index contributed by atoms with van der Waals surface area (Å²) in [5, 5.41) is 10.6. The van der Waals surface area contributed by atoms with Crippen molar-refractivity contribution in [2.45, 2.75) is 407 Å². The maximum Gasteiger partial charge on any atom is 0.472 e. The second-order valence-electron chi connectivity index (χ2n) is 27.5. The fraction of sp³-hybridized carbons (Fsp3) is 0.947. The lowest BCUT2D eigenvalue weighted by molar-refractivity contribution is -0.161. The Hall–Kier alpha value is -1.94. The minimum Gasteiger partial charge on any atom is -0.462 e. The molecule has 0 aliphatic rings. The smallest absolute Gasteiger partial charge is 0.462 e. The van der Waals surface area contributed by atoms with Crippen LogP contribution in [0.25, 0.3) is 0 Å². The van der Waals surface area contributed by atoms with Crippen molar-refractivity contribution >= 4 is 39.5 Å². The zero-order chi connectivity index (χ0) is 69.3. The van der Waals surface area contributed by atoms with Crippen LogP contribution in [0.4, 0.5) is 0 Å². The van der Waals surface area contributed by atoms with Gasteiger partial charge >= 0.3 is 39.5 Å². The molecule has 0 amide bonds. The summed E-state index contributed by atoms with van der Waals surface area (Å²) in [6, 6.07) is 0. The standard InChI is InChI=1S/C75H146O17P2/c1-7-11-13-15-17-19-21-22-23-24-26-35-41-47-53-59-74(79)91-70(64-86-73(78)58-52-46-40-34-29-27-31-37-43-49-55-67(5)9-3)65-89-93(81,82)87-61-69(76)62-88-94(83,84)90-66-71(63-85-72(77)57-51-45-39-33-25-20-18-16-14-12-8-2)92-75(80)60-54-48-42-36-30-28-32-38-44-50-56-68(6)10-4/h67-71,76H,7-66H2,1-6H3,(H,81,82)(H,83,84)/t67?,68?,69-,70-,71-/m1/s1. The number of hydrogen-bond acceptors (Lipinski definition) is 15. The summed E-state index contributed by atoms with van der Waals surface area (Å²) < 4.78 is 68.5. The minimum atomic E-state index is -4.96. The van der Waals surface area contributed by atoms with Gasteiger partial charge in [0.1, 0.15) is 19.3 Å². The molecular formula is C75H146O17P2. The molecule has 558 valence electrons. The van der Waals surface area contributed by atoms with Crippen LogP contribution in [0.3, 0.4) is 0 Å². The molecule has 94 heavy (non-hydrogen) atoms. The first-order valence-electron chi connectivity index (χ1n) is 39.1. The number of unbranched alkanes of at least 4 members (excludes halogenated alkanes) is 42. The largest absolute Gasteiger partial charge is 0.472 e. The van der Waals surface area contributed by atoms with E-state index in [1.807, 2.05) is 0 Å². The average Bonchev–Trinajstić information content (AvgIpc) is 1.58. The Labute approximate surface area is 575 Å². The van der Waals surface area contributed by atoms with E-state index in [0.29, 0.717) is 25.7 Å². The number of ether oxygens (including phenoxy) is 4. The van der Waals surface area contributed by atoms with Crippen LogP contribution < -0.4 is 0 Å². The number of esters is 4. The van der Waals surface area contributed by atoms with Crippen LogP contribution in [0.2, 0.25) is 0 Å². The Bertz CT molecular complexity index is 1820. The third-order valence-electron chi connectivity index (χ3n) is 18.2. The SMILES string of the molecule is CCCCCCCCCCCCCCCCCC(=O)O[C@H](COC(=O)CCCCCCCCCCCCC(C)CC)COP(=O)(O)OC[C@@H](O)COP(=O)(O)OC[C@@H](COC(=O)CCCCCCCCCCCCC)OC(=O)CCCCCCCCCCCCC(C)CC. The Morgan fingerprint density at radius 3 is 0.755 bits per heavy atom. The van der Waals surface area contributed by atoms with Crippen molar-refractivity contribution in [2.24, 2.45) is 11.8 Å². The zero-order valence-electron chi connectivity index (χ0n) is 61.3. The Kier molecular flexibility index (Phi) is 65.5. The normalized spacial score (nSPS) is 14.6. The first-order valence-corrected chi connectivity index (χ1v) is 42.1. The molecule has 0 aromatic carbocycles. The van der Waals surface area contributed by atoms with Gasteiger partial charge in [0.15, 0.2) is 12.2 Å². The van der Waals surface area contributed by atoms with Crippen molar-refractivity contribution in [3.63, 3.8) is 0 Å². The monoisotopic (exact) mass is 1380 g/mol. The van der Waals surface area contributed by atoms with Gasteiger partial charge in [0, 0.05) is 25.7 Å². The maximum atomic E-state index is 13.1. The van der Waals surface area contributed by atoms with Gasteiger partial charge in [-0.05, 0) is 37.5 Å². The molecule has 17 nitrogen and oxygen atoms in total. The van der Waals surface area contributed by atoms with Crippen LogP contribution in [0.5, 0.6) is 0 Å². The maximum absolute atomic E-state index is 13.1. The van der Waals surface area contributed by atoms with Crippen molar-refractivity contribution in [1.82, 2.24) is 0 Å². The highest BCUT2D eigenvalue weighted by molar-refractivity contribution is 7.47. The molecule has 0 heterocycles. The molecule has 0 saturated carbocycles. The van der Waals surface area contributed by atoms with Crippen molar-refractivity contribution in [3.8, 4) is 0 Å². The summed E-state index contributed by atoms with van der Waals surface area (Å²) in [7, 11) is -9.91. The number of phosphoric ester groups is 2. The van der Waals surface area contributed by atoms with E-state index in [0.717, 1.165) is 102 Å². The Morgan fingerprint density at radius 2 is 0.511 bits per heavy atom. The molecule has 3 N–H and O–H groups in total. The van der Waals surface area contributed by atoms with Crippen molar-refractivity contribution in [3.05, 3.63) is 0 Å². The lowest BCUT2D eigenvalue weighted by Crippen LogP contribution is -2.30. The van der Waals surface area contributed by atoms with Gasteiger partial charge in [-0.1, -0.05) is 337 Å². The highest BCUT2D eigenvalue weighted by Gasteiger charge is 2.30. The Morgan fingerprint density at radius 1 is 0.298 bits per heavy atom. The highest BCUT2D eigenvalue weighted by Crippen LogP contribution is 2.45. The first-order chi connectivity index (χ1) is 45.4. The number of rotatable bonds is 74. The van der Waals surface area contributed by atoms with E-state index in [9.17, 15) is 43.2 Å². The Balaban J connectivity index is 5.27. The van der Waals surface area contributed by atoms with Gasteiger partial charge in [0.05, 0.1) is 26.4 Å². The van der Waals surface area contributed by atoms with Crippen LogP contribution in [0, 0.1) is 11.8 Å². The van der Waals surface area contributed by atoms with E-state index in [4.69, 9.17) is 37.0 Å². The topological polar surface area (TPSA) is 237 Å². The number of carbonyl (C=O) groups excluding carboxylic acids is 4. The van der Waals surface area contributed by atoms with Gasteiger partial charge in [0.25, 0.3) is 0 Å². The molecule has 0 aromatic rings. The molecule has 0 aliphatic carbocycles. The second-order valence-corrected chi connectivity index (χ2v) is 30.4. The lowest BCUT2D eigenvalue weighted by atomic mass is 9.99.